The molecule has 0 aromatic heterocycles. The van der Waals surface area contributed by atoms with Gasteiger partial charge < -0.3 is 10.0 Å². The van der Waals surface area contributed by atoms with E-state index in [1.165, 1.54) is 31.5 Å². The van der Waals surface area contributed by atoms with Crippen LogP contribution < -0.4 is 0 Å². The average Bonchev–Trinajstić information content (AvgIpc) is 2.45. The van der Waals surface area contributed by atoms with Crippen LogP contribution >= 0.6 is 0 Å². The smallest absolute Gasteiger partial charge is 0.0802 e. The Balaban J connectivity index is 1.76. The summed E-state index contributed by atoms with van der Waals surface area (Å²) in [6.07, 6.45) is 3.10. The van der Waals surface area contributed by atoms with Gasteiger partial charge in [-0.25, -0.2) is 0 Å². The highest BCUT2D eigenvalue weighted by molar-refractivity contribution is 5.23. The van der Waals surface area contributed by atoms with Crippen molar-refractivity contribution in [3.8, 4) is 0 Å². The fourth-order valence-electron chi connectivity index (χ4n) is 3.28. The molecule has 1 aromatic carbocycles. The Bertz CT molecular complexity index is 424. The lowest BCUT2D eigenvalue weighted by molar-refractivity contribution is 0.0915. The van der Waals surface area contributed by atoms with E-state index in [0.717, 1.165) is 24.4 Å². The largest absolute Gasteiger partial charge is 0.388 e. The van der Waals surface area contributed by atoms with Gasteiger partial charge in [0.2, 0.25) is 0 Å². The van der Waals surface area contributed by atoms with Crippen molar-refractivity contribution in [2.24, 2.45) is 11.3 Å². The highest BCUT2D eigenvalue weighted by atomic mass is 16.3. The quantitative estimate of drug-likeness (QED) is 0.899. The first-order chi connectivity index (χ1) is 9.86. The summed E-state index contributed by atoms with van der Waals surface area (Å²) in [5, 5.41) is 10.3. The number of aliphatic hydroxyl groups excluding tert-OH is 1. The van der Waals surface area contributed by atoms with Gasteiger partial charge in [0.05, 0.1) is 6.10 Å². The van der Waals surface area contributed by atoms with Crippen molar-refractivity contribution in [3.63, 3.8) is 0 Å². The summed E-state index contributed by atoms with van der Waals surface area (Å²) in [6.45, 7) is 12.5. The van der Waals surface area contributed by atoms with Crippen molar-refractivity contribution >= 4 is 0 Å². The molecule has 2 rings (SSSR count). The minimum absolute atomic E-state index is 0.328. The molecule has 118 valence electrons. The predicted molar refractivity (Wildman–Crippen MR) is 89.4 cm³/mol. The number of rotatable bonds is 4. The zero-order valence-corrected chi connectivity index (χ0v) is 14.1. The summed E-state index contributed by atoms with van der Waals surface area (Å²) in [4.78, 5) is 2.51. The third-order valence-electron chi connectivity index (χ3n) is 4.99. The van der Waals surface area contributed by atoms with Crippen LogP contribution in [0.4, 0.5) is 0 Å². The van der Waals surface area contributed by atoms with E-state index in [-0.39, 0.29) is 6.10 Å². The first-order valence-corrected chi connectivity index (χ1v) is 8.33. The number of hydrogen-bond acceptors (Lipinski definition) is 2. The van der Waals surface area contributed by atoms with Crippen molar-refractivity contribution < 1.29 is 5.11 Å². The minimum atomic E-state index is -0.328. The van der Waals surface area contributed by atoms with E-state index in [1.54, 1.807) is 0 Å². The Hall–Kier alpha value is -0.860. The topological polar surface area (TPSA) is 23.5 Å². The average molecular weight is 289 g/mol. The summed E-state index contributed by atoms with van der Waals surface area (Å²) >= 11 is 0. The SMILES string of the molecule is Cc1ccc(C(O)CCN2CCC(C(C)(C)C)CC2)cc1. The molecule has 1 fully saturated rings. The van der Waals surface area contributed by atoms with Gasteiger partial charge in [-0.2, -0.15) is 0 Å². The van der Waals surface area contributed by atoms with Crippen LogP contribution in [0, 0.1) is 18.3 Å². The van der Waals surface area contributed by atoms with Crippen molar-refractivity contribution in [3.05, 3.63) is 35.4 Å². The van der Waals surface area contributed by atoms with Crippen LogP contribution in [-0.2, 0) is 0 Å². The van der Waals surface area contributed by atoms with E-state index in [0.29, 0.717) is 5.41 Å². The van der Waals surface area contributed by atoms with Gasteiger partial charge in [0.1, 0.15) is 0 Å². The van der Waals surface area contributed by atoms with E-state index >= 15 is 0 Å². The molecule has 1 atom stereocenters. The van der Waals surface area contributed by atoms with Gasteiger partial charge >= 0.3 is 0 Å². The molecule has 1 aromatic rings. The normalized spacial score (nSPS) is 19.7. The lowest BCUT2D eigenvalue weighted by atomic mass is 9.75. The molecule has 1 aliphatic heterocycles. The van der Waals surface area contributed by atoms with E-state index in [2.05, 4.69) is 44.7 Å². The molecule has 2 nitrogen and oxygen atoms in total. The summed E-state index contributed by atoms with van der Waals surface area (Å²) in [7, 11) is 0. The molecule has 0 spiro atoms. The standard InChI is InChI=1S/C19H31NO/c1-15-5-7-16(8-6-15)18(21)11-14-20-12-9-17(10-13-20)19(2,3)4/h5-8,17-18,21H,9-14H2,1-4H3. The first kappa shape index (κ1) is 16.5. The van der Waals surface area contributed by atoms with Crippen molar-refractivity contribution in [1.82, 2.24) is 4.90 Å². The molecule has 21 heavy (non-hydrogen) atoms. The lowest BCUT2D eigenvalue weighted by Crippen LogP contribution is -2.38. The van der Waals surface area contributed by atoms with Crippen molar-refractivity contribution in [1.29, 1.82) is 0 Å². The summed E-state index contributed by atoms with van der Waals surface area (Å²) in [6, 6.07) is 8.25. The molecule has 1 N–H and O–H groups in total. The van der Waals surface area contributed by atoms with Crippen LogP contribution in [-0.4, -0.2) is 29.6 Å². The van der Waals surface area contributed by atoms with Crippen LogP contribution in [0.1, 0.15) is 57.3 Å². The molecule has 0 saturated carbocycles. The number of hydrogen-bond donors (Lipinski definition) is 1. The first-order valence-electron chi connectivity index (χ1n) is 8.33. The molecule has 0 amide bonds. The lowest BCUT2D eigenvalue weighted by Gasteiger charge is -2.39. The third-order valence-corrected chi connectivity index (χ3v) is 4.99. The Morgan fingerprint density at radius 3 is 2.24 bits per heavy atom. The monoisotopic (exact) mass is 289 g/mol. The zero-order chi connectivity index (χ0) is 15.5. The number of benzene rings is 1. The number of aryl methyl sites for hydroxylation is 1. The van der Waals surface area contributed by atoms with Gasteiger partial charge in [0, 0.05) is 6.54 Å². The highest BCUT2D eigenvalue weighted by Crippen LogP contribution is 2.34. The number of nitrogens with zero attached hydrogens (tertiary/aromatic N) is 1. The Morgan fingerprint density at radius 1 is 1.14 bits per heavy atom. The maximum Gasteiger partial charge on any atom is 0.0802 e. The van der Waals surface area contributed by atoms with Gasteiger partial charge in [0.25, 0.3) is 0 Å². The van der Waals surface area contributed by atoms with E-state index in [4.69, 9.17) is 0 Å². The van der Waals surface area contributed by atoms with Gasteiger partial charge in [-0.1, -0.05) is 50.6 Å². The molecular weight excluding hydrogens is 258 g/mol. The number of likely N-dealkylation sites (tertiary alicyclic amines) is 1. The van der Waals surface area contributed by atoms with Crippen LogP contribution in [0.25, 0.3) is 0 Å². The highest BCUT2D eigenvalue weighted by Gasteiger charge is 2.28. The van der Waals surface area contributed by atoms with Crippen molar-refractivity contribution in [2.75, 3.05) is 19.6 Å². The second kappa shape index (κ2) is 6.93. The second-order valence-electron chi connectivity index (χ2n) is 7.70. The maximum absolute atomic E-state index is 10.3. The van der Waals surface area contributed by atoms with Crippen LogP contribution in [0.3, 0.4) is 0 Å². The maximum atomic E-state index is 10.3. The Morgan fingerprint density at radius 2 is 1.71 bits per heavy atom. The van der Waals surface area contributed by atoms with E-state index in [9.17, 15) is 5.11 Å². The molecule has 0 bridgehead atoms. The van der Waals surface area contributed by atoms with E-state index in [1.807, 2.05) is 12.1 Å². The molecule has 1 heterocycles. The van der Waals surface area contributed by atoms with Gasteiger partial charge in [-0.05, 0) is 56.2 Å². The Labute approximate surface area is 130 Å². The molecule has 1 saturated heterocycles. The minimum Gasteiger partial charge on any atom is -0.388 e. The summed E-state index contributed by atoms with van der Waals surface area (Å²) in [5.41, 5.74) is 2.73. The summed E-state index contributed by atoms with van der Waals surface area (Å²) in [5.74, 6) is 0.843. The molecule has 1 unspecified atom stereocenters. The summed E-state index contributed by atoms with van der Waals surface area (Å²) < 4.78 is 0. The predicted octanol–water partition coefficient (Wildman–Crippen LogP) is 4.18. The number of piperidine rings is 1. The van der Waals surface area contributed by atoms with Crippen molar-refractivity contribution in [2.45, 2.75) is 53.1 Å². The number of aliphatic hydroxyl groups is 1. The van der Waals surface area contributed by atoms with Crippen LogP contribution in [0.15, 0.2) is 24.3 Å². The molecule has 1 aliphatic rings. The fraction of sp³-hybridized carbons (Fsp3) is 0.684. The molecule has 0 radical (unpaired) electrons. The van der Waals surface area contributed by atoms with E-state index < -0.39 is 0 Å². The van der Waals surface area contributed by atoms with Crippen LogP contribution in [0.5, 0.6) is 0 Å². The van der Waals surface area contributed by atoms with Gasteiger partial charge in [-0.15, -0.1) is 0 Å². The second-order valence-corrected chi connectivity index (χ2v) is 7.70. The molecule has 0 aliphatic carbocycles. The third kappa shape index (κ3) is 4.82. The van der Waals surface area contributed by atoms with Crippen LogP contribution in [0.2, 0.25) is 0 Å². The molecule has 2 heteroatoms. The molecular formula is C19H31NO. The fourth-order valence-corrected chi connectivity index (χ4v) is 3.28. The van der Waals surface area contributed by atoms with Gasteiger partial charge in [-0.3, -0.25) is 0 Å². The van der Waals surface area contributed by atoms with Gasteiger partial charge in [0.15, 0.2) is 0 Å². The Kier molecular flexibility index (Phi) is 5.45. The zero-order valence-electron chi connectivity index (χ0n) is 14.1.